The molecule has 2 heterocycles. The van der Waals surface area contributed by atoms with Gasteiger partial charge < -0.3 is 10.6 Å². The molecule has 2 rings (SSSR count). The fourth-order valence-electron chi connectivity index (χ4n) is 2.38. The van der Waals surface area contributed by atoms with E-state index in [4.69, 9.17) is 17.3 Å². The minimum absolute atomic E-state index is 0.0104. The van der Waals surface area contributed by atoms with E-state index in [0.717, 1.165) is 19.5 Å². The van der Waals surface area contributed by atoms with Crippen LogP contribution in [0.5, 0.6) is 0 Å². The number of rotatable bonds is 2. The van der Waals surface area contributed by atoms with E-state index < -0.39 is 0 Å². The molecule has 6 heteroatoms. The van der Waals surface area contributed by atoms with Crippen LogP contribution in [0.1, 0.15) is 16.8 Å². The van der Waals surface area contributed by atoms with Crippen molar-refractivity contribution in [2.45, 2.75) is 12.5 Å². The molecule has 5 nitrogen and oxygen atoms in total. The molecule has 1 fully saturated rings. The van der Waals surface area contributed by atoms with Crippen LogP contribution in [0.4, 0.5) is 5.82 Å². The first-order chi connectivity index (χ1) is 8.99. The molecule has 1 unspecified atom stereocenters. The van der Waals surface area contributed by atoms with Crippen molar-refractivity contribution in [3.63, 3.8) is 0 Å². The number of Topliss-reactive ketones (excluding diaryl/α,β-unsaturated/α-hetero) is 1. The predicted molar refractivity (Wildman–Crippen MR) is 76.5 cm³/mol. The smallest absolute Gasteiger partial charge is 0.185 e. The number of likely N-dealkylation sites (N-methyl/N-ethyl adjacent to an activating group) is 2. The lowest BCUT2D eigenvalue weighted by Crippen LogP contribution is -2.44. The molecule has 19 heavy (non-hydrogen) atoms. The highest BCUT2D eigenvalue weighted by molar-refractivity contribution is 6.31. The number of anilines is 1. The maximum absolute atomic E-state index is 12.6. The largest absolute Gasteiger partial charge is 0.383 e. The van der Waals surface area contributed by atoms with Gasteiger partial charge in [0.1, 0.15) is 5.82 Å². The second kappa shape index (κ2) is 5.86. The molecule has 0 aliphatic carbocycles. The minimum atomic E-state index is -0.199. The van der Waals surface area contributed by atoms with Crippen molar-refractivity contribution in [3.05, 3.63) is 22.8 Å². The highest BCUT2D eigenvalue weighted by Crippen LogP contribution is 2.19. The van der Waals surface area contributed by atoms with E-state index in [1.807, 2.05) is 14.1 Å². The van der Waals surface area contributed by atoms with Crippen LogP contribution in [0.3, 0.4) is 0 Å². The van der Waals surface area contributed by atoms with E-state index in [9.17, 15) is 4.79 Å². The van der Waals surface area contributed by atoms with Crippen LogP contribution in [-0.2, 0) is 0 Å². The van der Waals surface area contributed by atoms with Gasteiger partial charge in [0.2, 0.25) is 0 Å². The Bertz CT molecular complexity index is 480. The summed E-state index contributed by atoms with van der Waals surface area (Å²) < 4.78 is 0. The lowest BCUT2D eigenvalue weighted by atomic mass is 10.0. The Morgan fingerprint density at radius 1 is 1.47 bits per heavy atom. The molecule has 0 spiro atoms. The number of nitrogen functional groups attached to an aromatic ring is 1. The van der Waals surface area contributed by atoms with Gasteiger partial charge in [-0.3, -0.25) is 9.69 Å². The number of nitrogens with zero attached hydrogens (tertiary/aromatic N) is 3. The second-order valence-corrected chi connectivity index (χ2v) is 5.50. The average molecular weight is 283 g/mol. The topological polar surface area (TPSA) is 62.5 Å². The third-order valence-corrected chi connectivity index (χ3v) is 3.73. The molecule has 0 amide bonds. The summed E-state index contributed by atoms with van der Waals surface area (Å²) in [6, 6.07) is 1.40. The zero-order chi connectivity index (χ0) is 14.0. The monoisotopic (exact) mass is 282 g/mol. The van der Waals surface area contributed by atoms with Crippen molar-refractivity contribution in [2.75, 3.05) is 39.5 Å². The number of ketones is 1. The zero-order valence-electron chi connectivity index (χ0n) is 11.3. The van der Waals surface area contributed by atoms with E-state index in [1.54, 1.807) is 6.07 Å². The van der Waals surface area contributed by atoms with Gasteiger partial charge in [0, 0.05) is 12.7 Å². The van der Waals surface area contributed by atoms with Gasteiger partial charge >= 0.3 is 0 Å². The summed E-state index contributed by atoms with van der Waals surface area (Å²) in [5.41, 5.74) is 6.21. The number of hydrogen-bond donors (Lipinski definition) is 1. The molecular weight excluding hydrogens is 264 g/mol. The first kappa shape index (κ1) is 14.2. The highest BCUT2D eigenvalue weighted by Gasteiger charge is 2.29. The van der Waals surface area contributed by atoms with Crippen molar-refractivity contribution in [2.24, 2.45) is 0 Å². The van der Waals surface area contributed by atoms with Gasteiger partial charge in [-0.25, -0.2) is 4.98 Å². The van der Waals surface area contributed by atoms with Crippen LogP contribution < -0.4 is 5.73 Å². The number of hydrogen-bond acceptors (Lipinski definition) is 5. The zero-order valence-corrected chi connectivity index (χ0v) is 12.0. The Morgan fingerprint density at radius 2 is 2.21 bits per heavy atom. The normalized spacial score (nSPS) is 22.2. The minimum Gasteiger partial charge on any atom is -0.383 e. The van der Waals surface area contributed by atoms with Crippen molar-refractivity contribution in [1.82, 2.24) is 14.8 Å². The number of pyridine rings is 1. The summed E-state index contributed by atoms with van der Waals surface area (Å²) in [4.78, 5) is 20.8. The van der Waals surface area contributed by atoms with Gasteiger partial charge in [0.15, 0.2) is 5.78 Å². The quantitative estimate of drug-likeness (QED) is 0.824. The molecule has 2 N–H and O–H groups in total. The molecule has 1 saturated heterocycles. The third-order valence-electron chi connectivity index (χ3n) is 3.52. The molecule has 1 aromatic rings. The molecule has 1 aromatic heterocycles. The molecule has 0 saturated carbocycles. The molecule has 1 aliphatic rings. The van der Waals surface area contributed by atoms with Gasteiger partial charge in [-0.1, -0.05) is 11.6 Å². The van der Waals surface area contributed by atoms with Crippen LogP contribution >= 0.6 is 11.6 Å². The summed E-state index contributed by atoms with van der Waals surface area (Å²) in [7, 11) is 3.99. The lowest BCUT2D eigenvalue weighted by molar-refractivity contribution is 0.0840. The van der Waals surface area contributed by atoms with Crippen molar-refractivity contribution in [1.29, 1.82) is 0 Å². The average Bonchev–Trinajstić information content (AvgIpc) is 2.53. The van der Waals surface area contributed by atoms with Crippen molar-refractivity contribution in [3.8, 4) is 0 Å². The lowest BCUT2D eigenvalue weighted by Gasteiger charge is -2.26. The number of carbonyl (C=O) groups excluding carboxylic acids is 1. The fourth-order valence-corrected chi connectivity index (χ4v) is 2.54. The standard InChI is InChI=1S/C13H19ClN4O/c1-17-4-3-5-18(2)11(8-17)12(19)10-6-9(14)7-16-13(10)15/h6-7,11H,3-5,8H2,1-2H3,(H2,15,16). The molecule has 1 aliphatic heterocycles. The van der Waals surface area contributed by atoms with Gasteiger partial charge in [0.05, 0.1) is 16.6 Å². The number of halogens is 1. The van der Waals surface area contributed by atoms with Gasteiger partial charge in [-0.15, -0.1) is 0 Å². The maximum atomic E-state index is 12.6. The molecule has 0 bridgehead atoms. The van der Waals surface area contributed by atoms with Crippen LogP contribution in [0.15, 0.2) is 12.3 Å². The number of carbonyl (C=O) groups is 1. The van der Waals surface area contributed by atoms with E-state index in [0.29, 0.717) is 17.1 Å². The number of nitrogens with two attached hydrogens (primary N) is 1. The Balaban J connectivity index is 2.28. The number of aromatic nitrogens is 1. The van der Waals surface area contributed by atoms with Crippen LogP contribution in [0, 0.1) is 0 Å². The predicted octanol–water partition coefficient (Wildman–Crippen LogP) is 1.14. The van der Waals surface area contributed by atoms with E-state index in [2.05, 4.69) is 14.8 Å². The van der Waals surface area contributed by atoms with E-state index in [-0.39, 0.29) is 17.6 Å². The van der Waals surface area contributed by atoms with Crippen molar-refractivity contribution >= 4 is 23.2 Å². The molecular formula is C13H19ClN4O. The molecule has 1 atom stereocenters. The second-order valence-electron chi connectivity index (χ2n) is 5.06. The first-order valence-corrected chi connectivity index (χ1v) is 6.71. The van der Waals surface area contributed by atoms with Crippen molar-refractivity contribution < 1.29 is 4.79 Å². The van der Waals surface area contributed by atoms with Gasteiger partial charge in [0.25, 0.3) is 0 Å². The summed E-state index contributed by atoms with van der Waals surface area (Å²) in [6.45, 7) is 2.59. The summed E-state index contributed by atoms with van der Waals surface area (Å²) >= 11 is 5.90. The summed E-state index contributed by atoms with van der Waals surface area (Å²) in [5.74, 6) is 0.235. The fraction of sp³-hybridized carbons (Fsp3) is 0.538. The SMILES string of the molecule is CN1CCCN(C)C(C(=O)c2cc(Cl)cnc2N)C1. The van der Waals surface area contributed by atoms with Crippen LogP contribution in [-0.4, -0.2) is 60.3 Å². The Labute approximate surface area is 118 Å². The third kappa shape index (κ3) is 3.23. The Hall–Kier alpha value is -1.17. The Kier molecular flexibility index (Phi) is 4.39. The first-order valence-electron chi connectivity index (χ1n) is 6.33. The highest BCUT2D eigenvalue weighted by atomic mass is 35.5. The summed E-state index contributed by atoms with van der Waals surface area (Å²) in [6.07, 6.45) is 2.51. The van der Waals surface area contributed by atoms with Crippen LogP contribution in [0.25, 0.3) is 0 Å². The molecule has 0 aromatic carbocycles. The maximum Gasteiger partial charge on any atom is 0.185 e. The van der Waals surface area contributed by atoms with E-state index in [1.165, 1.54) is 6.20 Å². The molecule has 0 radical (unpaired) electrons. The van der Waals surface area contributed by atoms with Crippen LogP contribution in [0.2, 0.25) is 5.02 Å². The van der Waals surface area contributed by atoms with Gasteiger partial charge in [-0.05, 0) is 39.7 Å². The summed E-state index contributed by atoms with van der Waals surface area (Å²) in [5, 5.41) is 0.433. The van der Waals surface area contributed by atoms with Gasteiger partial charge in [-0.2, -0.15) is 0 Å². The molecule has 104 valence electrons. The Morgan fingerprint density at radius 3 is 2.95 bits per heavy atom. The van der Waals surface area contributed by atoms with E-state index >= 15 is 0 Å².